The Kier molecular flexibility index (Phi) is 6.02. The van der Waals surface area contributed by atoms with Crippen LogP contribution in [0.4, 0.5) is 5.00 Å². The number of amides is 1. The molecule has 0 radical (unpaired) electrons. The SMILES string of the molecule is CCOC(=O)c1c(NC(=O)Cn2nc3n(c2=O)CCCCC3)sc2c1CCS(=O)(=O)C2. The number of sulfone groups is 1. The fourth-order valence-electron chi connectivity index (χ4n) is 3.96. The fourth-order valence-corrected chi connectivity index (χ4v) is 7.02. The van der Waals surface area contributed by atoms with Crippen LogP contribution in [-0.2, 0) is 51.1 Å². The smallest absolute Gasteiger partial charge is 0.346 e. The molecule has 0 atom stereocenters. The van der Waals surface area contributed by atoms with Crippen LogP contribution in [0.2, 0.25) is 0 Å². The number of aryl methyl sites for hydroxylation is 1. The van der Waals surface area contributed by atoms with Crippen LogP contribution < -0.4 is 11.0 Å². The van der Waals surface area contributed by atoms with Crippen molar-refractivity contribution in [1.29, 1.82) is 0 Å². The van der Waals surface area contributed by atoms with Gasteiger partial charge in [-0.2, -0.15) is 5.10 Å². The van der Waals surface area contributed by atoms with Crippen LogP contribution in [0.1, 0.15) is 52.8 Å². The zero-order valence-electron chi connectivity index (χ0n) is 17.2. The highest BCUT2D eigenvalue weighted by atomic mass is 32.2. The molecule has 2 aromatic rings. The molecular weight excluding hydrogens is 444 g/mol. The second-order valence-corrected chi connectivity index (χ2v) is 10.9. The van der Waals surface area contributed by atoms with Crippen molar-refractivity contribution >= 4 is 38.1 Å². The van der Waals surface area contributed by atoms with Crippen molar-refractivity contribution in [1.82, 2.24) is 14.3 Å². The highest BCUT2D eigenvalue weighted by molar-refractivity contribution is 7.90. The van der Waals surface area contributed by atoms with E-state index in [2.05, 4.69) is 10.4 Å². The molecule has 2 aliphatic heterocycles. The summed E-state index contributed by atoms with van der Waals surface area (Å²) >= 11 is 1.07. The van der Waals surface area contributed by atoms with E-state index in [0.717, 1.165) is 35.3 Å². The van der Waals surface area contributed by atoms with Crippen molar-refractivity contribution in [2.75, 3.05) is 17.7 Å². The second-order valence-electron chi connectivity index (χ2n) is 7.64. The van der Waals surface area contributed by atoms with E-state index in [4.69, 9.17) is 4.74 Å². The Balaban J connectivity index is 1.59. The number of hydrogen-bond acceptors (Lipinski definition) is 8. The zero-order chi connectivity index (χ0) is 22.2. The minimum Gasteiger partial charge on any atom is -0.462 e. The molecule has 2 aromatic heterocycles. The molecule has 2 aliphatic rings. The fraction of sp³-hybridized carbons (Fsp3) is 0.579. The number of carbonyl (C=O) groups is 2. The maximum absolute atomic E-state index is 12.7. The highest BCUT2D eigenvalue weighted by Gasteiger charge is 2.32. The topological polar surface area (TPSA) is 129 Å². The predicted octanol–water partition coefficient (Wildman–Crippen LogP) is 1.12. The number of ether oxygens (including phenoxy) is 1. The Hall–Kier alpha value is -2.47. The lowest BCUT2D eigenvalue weighted by atomic mass is 10.1. The molecular formula is C19H24N4O6S2. The Bertz CT molecular complexity index is 1190. The summed E-state index contributed by atoms with van der Waals surface area (Å²) in [5.74, 6) is -0.642. The summed E-state index contributed by atoms with van der Waals surface area (Å²) in [4.78, 5) is 38.4. The van der Waals surface area contributed by atoms with E-state index in [1.807, 2.05) is 0 Å². The van der Waals surface area contributed by atoms with E-state index in [9.17, 15) is 22.8 Å². The average Bonchev–Trinajstić information content (AvgIpc) is 3.06. The van der Waals surface area contributed by atoms with Gasteiger partial charge in [-0.05, 0) is 31.7 Å². The molecule has 1 N–H and O–H groups in total. The molecule has 0 aliphatic carbocycles. The molecule has 0 aromatic carbocycles. The first kappa shape index (κ1) is 21.8. The Labute approximate surface area is 183 Å². The van der Waals surface area contributed by atoms with Gasteiger partial charge in [0.05, 0.1) is 23.7 Å². The van der Waals surface area contributed by atoms with Crippen LogP contribution in [0, 0.1) is 0 Å². The molecule has 0 spiro atoms. The van der Waals surface area contributed by atoms with Crippen molar-refractivity contribution in [3.63, 3.8) is 0 Å². The van der Waals surface area contributed by atoms with Gasteiger partial charge in [-0.1, -0.05) is 6.42 Å². The van der Waals surface area contributed by atoms with E-state index in [0.29, 0.717) is 29.2 Å². The first-order valence-corrected chi connectivity index (χ1v) is 12.9. The minimum absolute atomic E-state index is 0.0495. The van der Waals surface area contributed by atoms with Gasteiger partial charge in [0.1, 0.15) is 17.4 Å². The van der Waals surface area contributed by atoms with Crippen LogP contribution in [0.15, 0.2) is 4.79 Å². The number of hydrogen-bond donors (Lipinski definition) is 1. The third-order valence-electron chi connectivity index (χ3n) is 5.41. The van der Waals surface area contributed by atoms with E-state index in [1.165, 1.54) is 0 Å². The van der Waals surface area contributed by atoms with Crippen molar-refractivity contribution < 1.29 is 22.7 Å². The molecule has 0 unspecified atom stereocenters. The maximum Gasteiger partial charge on any atom is 0.346 e. The Morgan fingerprint density at radius 3 is 2.81 bits per heavy atom. The number of thiophene rings is 1. The van der Waals surface area contributed by atoms with Crippen molar-refractivity contribution in [2.24, 2.45) is 0 Å². The summed E-state index contributed by atoms with van der Waals surface area (Å²) in [5.41, 5.74) is 0.492. The maximum atomic E-state index is 12.7. The van der Waals surface area contributed by atoms with Gasteiger partial charge in [-0.15, -0.1) is 11.3 Å². The van der Waals surface area contributed by atoms with Crippen LogP contribution in [-0.4, -0.2) is 47.0 Å². The van der Waals surface area contributed by atoms with Crippen LogP contribution in [0.25, 0.3) is 0 Å². The zero-order valence-corrected chi connectivity index (χ0v) is 18.8. The third-order valence-corrected chi connectivity index (χ3v) is 8.30. The lowest BCUT2D eigenvalue weighted by Gasteiger charge is -2.13. The average molecular weight is 469 g/mol. The summed E-state index contributed by atoms with van der Waals surface area (Å²) in [6.07, 6.45) is 3.79. The highest BCUT2D eigenvalue weighted by Crippen LogP contribution is 2.38. The van der Waals surface area contributed by atoms with Gasteiger partial charge < -0.3 is 10.1 Å². The largest absolute Gasteiger partial charge is 0.462 e. The third kappa shape index (κ3) is 4.45. The number of aromatic nitrogens is 3. The minimum atomic E-state index is -3.24. The van der Waals surface area contributed by atoms with E-state index in [1.54, 1.807) is 11.5 Å². The van der Waals surface area contributed by atoms with Crippen molar-refractivity contribution in [2.45, 2.75) is 57.9 Å². The van der Waals surface area contributed by atoms with Crippen LogP contribution in [0.3, 0.4) is 0 Å². The number of nitrogens with one attached hydrogen (secondary N) is 1. The Morgan fingerprint density at radius 1 is 1.23 bits per heavy atom. The Morgan fingerprint density at radius 2 is 2.03 bits per heavy atom. The summed E-state index contributed by atoms with van der Waals surface area (Å²) in [6.45, 7) is 2.14. The molecule has 1 amide bonds. The summed E-state index contributed by atoms with van der Waals surface area (Å²) in [5, 5.41) is 7.23. The lowest BCUT2D eigenvalue weighted by molar-refractivity contribution is -0.116. The standard InChI is InChI=1S/C19H24N4O6S2/c1-2-29-18(25)16-12-7-9-31(27,28)11-13(12)30-17(16)20-15(24)10-23-19(26)22-8-5-3-4-6-14(22)21-23/h2-11H2,1H3,(H,20,24). The number of carbonyl (C=O) groups excluding carboxylic acids is 2. The number of rotatable bonds is 5. The van der Waals surface area contributed by atoms with Gasteiger partial charge in [0, 0.05) is 17.8 Å². The molecule has 31 heavy (non-hydrogen) atoms. The molecule has 4 heterocycles. The van der Waals surface area contributed by atoms with Crippen molar-refractivity contribution in [3.05, 3.63) is 32.3 Å². The lowest BCUT2D eigenvalue weighted by Crippen LogP contribution is -2.30. The summed E-state index contributed by atoms with van der Waals surface area (Å²) in [7, 11) is -3.24. The van der Waals surface area contributed by atoms with Crippen LogP contribution >= 0.6 is 11.3 Å². The predicted molar refractivity (Wildman–Crippen MR) is 114 cm³/mol. The normalized spacial score (nSPS) is 17.3. The molecule has 0 bridgehead atoms. The molecule has 10 nitrogen and oxygen atoms in total. The molecule has 0 fully saturated rings. The van der Waals surface area contributed by atoms with Gasteiger partial charge in [-0.3, -0.25) is 9.36 Å². The molecule has 0 saturated heterocycles. The molecule has 0 saturated carbocycles. The quantitative estimate of drug-likeness (QED) is 0.651. The monoisotopic (exact) mass is 468 g/mol. The van der Waals surface area contributed by atoms with Gasteiger partial charge >= 0.3 is 11.7 Å². The summed E-state index contributed by atoms with van der Waals surface area (Å²) in [6, 6.07) is 0. The molecule has 168 valence electrons. The first-order chi connectivity index (χ1) is 14.8. The van der Waals surface area contributed by atoms with E-state index in [-0.39, 0.29) is 47.3 Å². The van der Waals surface area contributed by atoms with Crippen molar-refractivity contribution in [3.8, 4) is 0 Å². The number of fused-ring (bicyclic) bond motifs is 2. The van der Waals surface area contributed by atoms with Gasteiger partial charge in [0.2, 0.25) is 5.91 Å². The van der Waals surface area contributed by atoms with E-state index >= 15 is 0 Å². The molecule has 12 heteroatoms. The first-order valence-electron chi connectivity index (χ1n) is 10.3. The van der Waals surface area contributed by atoms with E-state index < -0.39 is 21.7 Å². The van der Waals surface area contributed by atoms with Crippen LogP contribution in [0.5, 0.6) is 0 Å². The molecule has 4 rings (SSSR count). The second kappa shape index (κ2) is 8.58. The number of esters is 1. The number of nitrogens with zero attached hydrogens (tertiary/aromatic N) is 3. The number of anilines is 1. The van der Waals surface area contributed by atoms with Gasteiger partial charge in [0.15, 0.2) is 9.84 Å². The summed E-state index contributed by atoms with van der Waals surface area (Å²) < 4.78 is 31.9. The van der Waals surface area contributed by atoms with Gasteiger partial charge in [-0.25, -0.2) is 22.7 Å². The van der Waals surface area contributed by atoms with Gasteiger partial charge in [0.25, 0.3) is 0 Å².